The number of nitrogens with zero attached hydrogens (tertiary/aromatic N) is 8. The number of H-pyrrole nitrogens is 2. The molecule has 2 aliphatic heterocycles. The fraction of sp³-hybridized carbons (Fsp3) is 0.538. The molecule has 0 saturated carbocycles. The van der Waals surface area contributed by atoms with Gasteiger partial charge in [-0.15, -0.1) is 46.4 Å². The van der Waals surface area contributed by atoms with Crippen LogP contribution in [0.3, 0.4) is 0 Å². The molecule has 2 aromatic carbocycles. The number of ether oxygens (including phenoxy) is 3. The lowest BCUT2D eigenvalue weighted by molar-refractivity contribution is -0.150. The Morgan fingerprint density at radius 1 is 0.691 bits per heavy atom. The molecule has 81 heavy (non-hydrogen) atoms. The second-order valence-electron chi connectivity index (χ2n) is 18.4. The van der Waals surface area contributed by atoms with E-state index in [1.54, 1.807) is 4.98 Å². The van der Waals surface area contributed by atoms with Crippen molar-refractivity contribution >= 4 is 91.8 Å². The number of aliphatic hydroxyl groups is 3. The van der Waals surface area contributed by atoms with Crippen molar-refractivity contribution in [2.24, 2.45) is 14.1 Å². The summed E-state index contributed by atoms with van der Waals surface area (Å²) >= 11 is 23.6. The van der Waals surface area contributed by atoms with Gasteiger partial charge in [0.05, 0.1) is 53.3 Å². The molecule has 0 radical (unpaired) electrons. The lowest BCUT2D eigenvalue weighted by Crippen LogP contribution is -2.34. The summed E-state index contributed by atoms with van der Waals surface area (Å²) in [4.78, 5) is 85.6. The Morgan fingerprint density at radius 2 is 1.10 bits per heavy atom. The Hall–Kier alpha value is -5.90. The highest BCUT2D eigenvalue weighted by Gasteiger charge is 2.37. The summed E-state index contributed by atoms with van der Waals surface area (Å²) in [7, 11) is 3.88. The molecule has 6 aromatic rings. The third-order valence-electron chi connectivity index (χ3n) is 13.1. The topological polar surface area (TPSA) is 295 Å². The number of halogens is 6. The van der Waals surface area contributed by atoms with Crippen LogP contribution in [0.15, 0.2) is 68.0 Å². The maximum absolute atomic E-state index is 13.6. The minimum absolute atomic E-state index is 0.0302. The lowest BCUT2D eigenvalue weighted by atomic mass is 10.2. The van der Waals surface area contributed by atoms with Crippen LogP contribution in [0, 0.1) is 11.6 Å². The number of carbonyl (C=O) groups is 2. The zero-order chi connectivity index (χ0) is 59.5. The number of nitrogens with one attached hydrogen (secondary N) is 2. The van der Waals surface area contributed by atoms with Crippen LogP contribution in [0.25, 0.3) is 22.1 Å². The zero-order valence-electron chi connectivity index (χ0n) is 45.1. The molecule has 0 bridgehead atoms. The molecule has 29 heteroatoms. The Morgan fingerprint density at radius 3 is 1.49 bits per heavy atom. The van der Waals surface area contributed by atoms with Gasteiger partial charge in [-0.05, 0) is 49.2 Å². The second-order valence-corrected chi connectivity index (χ2v) is 19.9. The fourth-order valence-corrected chi connectivity index (χ4v) is 9.75. The minimum Gasteiger partial charge on any atom is -0.481 e. The molecule has 8 rings (SSSR count). The third-order valence-corrected chi connectivity index (χ3v) is 13.8. The number of rotatable bonds is 23. The molecule has 2 saturated heterocycles. The first-order valence-corrected chi connectivity index (χ1v) is 28.3. The highest BCUT2D eigenvalue weighted by molar-refractivity contribution is 6.19. The van der Waals surface area contributed by atoms with Crippen molar-refractivity contribution in [1.29, 1.82) is 0 Å². The van der Waals surface area contributed by atoms with E-state index in [4.69, 9.17) is 75.8 Å². The van der Waals surface area contributed by atoms with E-state index in [0.29, 0.717) is 62.3 Å². The Balaban J connectivity index is 0.000000242. The maximum Gasteiger partial charge on any atom is 0.330 e. The number of imidazole rings is 2. The van der Waals surface area contributed by atoms with E-state index in [-0.39, 0.29) is 32.3 Å². The van der Waals surface area contributed by atoms with E-state index in [2.05, 4.69) is 14.8 Å². The van der Waals surface area contributed by atoms with Gasteiger partial charge in [-0.25, -0.2) is 19.6 Å². The van der Waals surface area contributed by atoms with Gasteiger partial charge in [0.1, 0.15) is 42.9 Å². The quantitative estimate of drug-likeness (QED) is 0.0375. The van der Waals surface area contributed by atoms with E-state index < -0.39 is 89.5 Å². The molecule has 2 fully saturated rings. The number of carboxylic acids is 1. The molecule has 0 aliphatic carbocycles. The average Bonchev–Trinajstić information content (AvgIpc) is 4.20. The van der Waals surface area contributed by atoms with Crippen molar-refractivity contribution in [3.63, 3.8) is 0 Å². The summed E-state index contributed by atoms with van der Waals surface area (Å²) in [6.45, 7) is 6.19. The fourth-order valence-electron chi connectivity index (χ4n) is 8.94. The number of alkyl halides is 4. The number of carboxylic acid groups (broad SMARTS) is 1. The molecule has 0 spiro atoms. The van der Waals surface area contributed by atoms with Crippen LogP contribution in [0.2, 0.25) is 0 Å². The normalized spacial score (nSPS) is 18.4. The van der Waals surface area contributed by atoms with Crippen molar-refractivity contribution in [1.82, 2.24) is 38.2 Å². The van der Waals surface area contributed by atoms with Gasteiger partial charge in [-0.2, -0.15) is 8.78 Å². The van der Waals surface area contributed by atoms with Crippen molar-refractivity contribution < 1.29 is 53.0 Å². The van der Waals surface area contributed by atoms with Crippen LogP contribution >= 0.6 is 46.4 Å². The standard InChI is InChI=1S/C25H30Cl2FN5O6.C16H21Cl2N3O2.C9H11FN2O5.C2H6/c1-31-18-6-5-15(32(9-7-26)10-8-27)11-17(18)29-21(31)3-2-4-23(35)38-14-20-19(34)12-22(39-20)33-13-16(28)24(36)30-25(33)37;1-20-14-6-5-12(21(9-7-17)10-8-18)11-13(14)19-15(20)3-2-4-16(22)23;10-4-2-12(9(16)11-8(4)15)7-1-5(14)6(3-13)17-7;1-2/h5-6,11,13,19-20,22,34H,2-4,7-10,12,14H2,1H3,(H,30,36,37);5-6,11H,2-4,7-10H2,1H3,(H,22,23);2,5-7,13-14H,1,3H2,(H,11,15,16);1-2H3/t19-,20-,22?;;5-,6-,7?;/m1.1./s1. The zero-order valence-corrected chi connectivity index (χ0v) is 48.1. The van der Waals surface area contributed by atoms with Crippen LogP contribution in [-0.2, 0) is 50.7 Å². The molecule has 6 N–H and O–H groups in total. The van der Waals surface area contributed by atoms with Gasteiger partial charge in [-0.1, -0.05) is 13.8 Å². The monoisotopic (exact) mass is 1220 g/mol. The number of hydrogen-bond acceptors (Lipinski definition) is 16. The Kier molecular flexibility index (Phi) is 26.1. The highest BCUT2D eigenvalue weighted by Crippen LogP contribution is 2.30. The van der Waals surface area contributed by atoms with Crippen LogP contribution < -0.4 is 32.3 Å². The summed E-state index contributed by atoms with van der Waals surface area (Å²) in [6, 6.07) is 12.1. The van der Waals surface area contributed by atoms with E-state index >= 15 is 0 Å². The highest BCUT2D eigenvalue weighted by atomic mass is 35.5. The number of aromatic nitrogens is 8. The smallest absolute Gasteiger partial charge is 0.330 e. The van der Waals surface area contributed by atoms with Crippen LogP contribution in [0.1, 0.15) is 76.5 Å². The van der Waals surface area contributed by atoms with Gasteiger partial charge in [0.2, 0.25) is 11.6 Å². The number of aromatic amines is 2. The summed E-state index contributed by atoms with van der Waals surface area (Å²) in [5, 5.41) is 37.3. The van der Waals surface area contributed by atoms with Gasteiger partial charge < -0.3 is 53.6 Å². The molecule has 6 atom stereocenters. The van der Waals surface area contributed by atoms with E-state index in [0.717, 1.165) is 79.7 Å². The second kappa shape index (κ2) is 32.1. The van der Waals surface area contributed by atoms with Crippen molar-refractivity contribution in [3.8, 4) is 0 Å². The summed E-state index contributed by atoms with van der Waals surface area (Å²) in [5.41, 5.74) is 1.86. The van der Waals surface area contributed by atoms with Crippen molar-refractivity contribution in [2.75, 3.05) is 72.7 Å². The molecular formula is C52H68Cl4F2N10O13. The van der Waals surface area contributed by atoms with E-state index in [9.17, 15) is 47.8 Å². The lowest BCUT2D eigenvalue weighted by Gasteiger charge is -2.22. The number of aliphatic hydroxyl groups excluding tert-OH is 3. The largest absolute Gasteiger partial charge is 0.481 e. The predicted octanol–water partition coefficient (Wildman–Crippen LogP) is 4.67. The number of aliphatic carboxylic acids is 1. The first-order valence-electron chi connectivity index (χ1n) is 26.1. The molecule has 2 aliphatic rings. The first-order chi connectivity index (χ1) is 38.8. The number of esters is 1. The van der Waals surface area contributed by atoms with Gasteiger partial charge in [0, 0.05) is 114 Å². The molecule has 0 amide bonds. The van der Waals surface area contributed by atoms with E-state index in [1.807, 2.05) is 78.5 Å². The molecule has 4 aromatic heterocycles. The number of hydrogen-bond donors (Lipinski definition) is 6. The van der Waals surface area contributed by atoms with Crippen LogP contribution in [0.4, 0.5) is 20.2 Å². The number of benzene rings is 2. The Labute approximate surface area is 483 Å². The Bertz CT molecular complexity index is 3250. The molecule has 2 unspecified atom stereocenters. The molecule has 446 valence electrons. The number of anilines is 2. The van der Waals surface area contributed by atoms with Gasteiger partial charge in [-0.3, -0.25) is 38.3 Å². The predicted molar refractivity (Wildman–Crippen MR) is 303 cm³/mol. The number of carbonyl (C=O) groups excluding carboxylic acids is 1. The van der Waals surface area contributed by atoms with Crippen LogP contribution in [-0.4, -0.2) is 158 Å². The SMILES string of the molecule is CC.Cn1c(CCCC(=O)O)nc2cc(N(CCCl)CCCl)ccc21.Cn1c(CCCC(=O)OC[C@H]2OC(n3cc(F)c(=O)[nH]c3=O)C[C@H]2O)nc2cc(N(CCCl)CCCl)ccc21.O=c1[nH]c(=O)n(C2C[C@@H](O)[C@@H](CO)O2)cc1F. The summed E-state index contributed by atoms with van der Waals surface area (Å²) in [5.74, 6) is 0.268. The van der Waals surface area contributed by atoms with Crippen LogP contribution in [0.5, 0.6) is 0 Å². The number of aryl methyl sites for hydroxylation is 4. The third kappa shape index (κ3) is 17.8. The van der Waals surface area contributed by atoms with Crippen molar-refractivity contribution in [3.05, 3.63) is 114 Å². The number of fused-ring (bicyclic) bond motifs is 2. The van der Waals surface area contributed by atoms with Crippen molar-refractivity contribution in [2.45, 2.75) is 102 Å². The van der Waals surface area contributed by atoms with Gasteiger partial charge in [0.15, 0.2) is 0 Å². The average molecular weight is 1220 g/mol. The van der Waals surface area contributed by atoms with E-state index in [1.165, 1.54) is 0 Å². The minimum atomic E-state index is -1.15. The van der Waals surface area contributed by atoms with Gasteiger partial charge in [0.25, 0.3) is 11.1 Å². The molecular weight excluding hydrogens is 1150 g/mol. The summed E-state index contributed by atoms with van der Waals surface area (Å²) < 4.78 is 48.3. The molecule has 23 nitrogen and oxygen atoms in total. The first kappa shape index (κ1) is 65.9. The summed E-state index contributed by atoms with van der Waals surface area (Å²) in [6.07, 6.45) is -1.57. The maximum atomic E-state index is 13.6. The van der Waals surface area contributed by atoms with Gasteiger partial charge >= 0.3 is 23.3 Å². The molecule has 6 heterocycles.